The Morgan fingerprint density at radius 2 is 1.75 bits per heavy atom. The summed E-state index contributed by atoms with van der Waals surface area (Å²) in [7, 11) is 1.63. The average molecular weight is 337 g/mol. The fraction of sp³-hybridized carbons (Fsp3) is 0.105. The van der Waals surface area contributed by atoms with Gasteiger partial charge in [0.05, 0.1) is 12.5 Å². The van der Waals surface area contributed by atoms with Crippen LogP contribution in [0.3, 0.4) is 0 Å². The fourth-order valence-corrected chi connectivity index (χ4v) is 3.65. The number of furan rings is 1. The standard InChI is InChI=1S/C19H15NO3S/c1-12-11-17-18(23-12)15-5-3-4-6-16(15)19(21)20(17)24-14-9-7-13(22-2)8-10-14/h3-11H,1-2H3. The van der Waals surface area contributed by atoms with Crippen molar-refractivity contribution < 1.29 is 9.15 Å². The molecule has 0 N–H and O–H groups in total. The lowest BCUT2D eigenvalue weighted by molar-refractivity contribution is 0.414. The Morgan fingerprint density at radius 1 is 1.04 bits per heavy atom. The zero-order valence-corrected chi connectivity index (χ0v) is 14.1. The van der Waals surface area contributed by atoms with E-state index in [9.17, 15) is 4.79 Å². The van der Waals surface area contributed by atoms with E-state index in [4.69, 9.17) is 9.15 Å². The summed E-state index contributed by atoms with van der Waals surface area (Å²) in [5, 5.41) is 1.50. The Labute approximate surface area is 142 Å². The predicted molar refractivity (Wildman–Crippen MR) is 97.0 cm³/mol. The summed E-state index contributed by atoms with van der Waals surface area (Å²) in [6, 6.07) is 17.1. The van der Waals surface area contributed by atoms with E-state index in [0.717, 1.165) is 32.9 Å². The molecule has 4 aromatic rings. The van der Waals surface area contributed by atoms with Crippen molar-refractivity contribution in [1.82, 2.24) is 3.97 Å². The predicted octanol–water partition coefficient (Wildman–Crippen LogP) is 4.62. The smallest absolute Gasteiger partial charge is 0.269 e. The van der Waals surface area contributed by atoms with Crippen LogP contribution in [0.2, 0.25) is 0 Å². The molecule has 0 atom stereocenters. The molecule has 4 rings (SSSR count). The van der Waals surface area contributed by atoms with Crippen LogP contribution < -0.4 is 10.3 Å². The molecule has 0 aliphatic carbocycles. The zero-order valence-electron chi connectivity index (χ0n) is 13.3. The number of aromatic nitrogens is 1. The van der Waals surface area contributed by atoms with E-state index in [1.54, 1.807) is 11.1 Å². The van der Waals surface area contributed by atoms with Gasteiger partial charge in [-0.25, -0.2) is 3.97 Å². The van der Waals surface area contributed by atoms with Crippen molar-refractivity contribution in [3.8, 4) is 5.75 Å². The molecular weight excluding hydrogens is 322 g/mol. The highest BCUT2D eigenvalue weighted by Gasteiger charge is 2.15. The maximum absolute atomic E-state index is 13.0. The maximum Gasteiger partial charge on any atom is 0.269 e. The molecule has 0 unspecified atom stereocenters. The summed E-state index contributed by atoms with van der Waals surface area (Å²) in [5.74, 6) is 1.57. The van der Waals surface area contributed by atoms with E-state index in [-0.39, 0.29) is 5.56 Å². The second kappa shape index (κ2) is 5.76. The largest absolute Gasteiger partial charge is 0.497 e. The highest BCUT2D eigenvalue weighted by Crippen LogP contribution is 2.31. The zero-order chi connectivity index (χ0) is 16.7. The van der Waals surface area contributed by atoms with Gasteiger partial charge in [0.2, 0.25) is 0 Å². The third-order valence-electron chi connectivity index (χ3n) is 3.90. The third kappa shape index (κ3) is 2.37. The van der Waals surface area contributed by atoms with Crippen molar-refractivity contribution >= 4 is 33.8 Å². The van der Waals surface area contributed by atoms with Gasteiger partial charge in [-0.15, -0.1) is 0 Å². The molecule has 0 aliphatic heterocycles. The van der Waals surface area contributed by atoms with E-state index in [1.807, 2.05) is 61.5 Å². The number of methoxy groups -OCH3 is 1. The molecule has 120 valence electrons. The molecule has 5 heteroatoms. The Kier molecular flexibility index (Phi) is 3.58. The molecular formula is C19H15NO3S. The van der Waals surface area contributed by atoms with Crippen molar-refractivity contribution in [2.75, 3.05) is 7.11 Å². The van der Waals surface area contributed by atoms with E-state index >= 15 is 0 Å². The summed E-state index contributed by atoms with van der Waals surface area (Å²) in [4.78, 5) is 13.9. The molecule has 0 spiro atoms. The molecule has 0 saturated carbocycles. The van der Waals surface area contributed by atoms with Crippen LogP contribution in [0.25, 0.3) is 21.9 Å². The first-order chi connectivity index (χ1) is 11.7. The summed E-state index contributed by atoms with van der Waals surface area (Å²) < 4.78 is 12.7. The molecule has 2 aromatic carbocycles. The first-order valence-electron chi connectivity index (χ1n) is 7.53. The molecule has 0 radical (unpaired) electrons. The number of fused-ring (bicyclic) bond motifs is 3. The van der Waals surface area contributed by atoms with Gasteiger partial charge in [0.1, 0.15) is 17.0 Å². The van der Waals surface area contributed by atoms with Crippen LogP contribution in [0.5, 0.6) is 5.75 Å². The Bertz CT molecular complexity index is 1090. The number of benzene rings is 2. The Hall–Kier alpha value is -2.66. The van der Waals surface area contributed by atoms with Crippen molar-refractivity contribution in [3.63, 3.8) is 0 Å². The maximum atomic E-state index is 13.0. The molecule has 2 heterocycles. The SMILES string of the molecule is COc1ccc(Sn2c(=O)c3ccccc3c3oc(C)cc32)cc1. The van der Waals surface area contributed by atoms with Crippen LogP contribution in [0.15, 0.2) is 68.7 Å². The van der Waals surface area contributed by atoms with Crippen LogP contribution in [-0.4, -0.2) is 11.1 Å². The minimum atomic E-state index is -0.0419. The van der Waals surface area contributed by atoms with E-state index < -0.39 is 0 Å². The van der Waals surface area contributed by atoms with Gasteiger partial charge in [0.25, 0.3) is 5.56 Å². The van der Waals surface area contributed by atoms with Gasteiger partial charge in [-0.05, 0) is 49.2 Å². The number of hydrogen-bond donors (Lipinski definition) is 0. The number of pyridine rings is 1. The van der Waals surface area contributed by atoms with Gasteiger partial charge in [0.15, 0.2) is 5.58 Å². The quantitative estimate of drug-likeness (QED) is 0.547. The summed E-state index contributed by atoms with van der Waals surface area (Å²) in [6.45, 7) is 1.89. The number of ether oxygens (including phenoxy) is 1. The molecule has 0 fully saturated rings. The molecule has 0 saturated heterocycles. The van der Waals surface area contributed by atoms with E-state index in [2.05, 4.69) is 0 Å². The number of hydrogen-bond acceptors (Lipinski definition) is 4. The van der Waals surface area contributed by atoms with Crippen molar-refractivity contribution in [3.05, 3.63) is 70.7 Å². The lowest BCUT2D eigenvalue weighted by Gasteiger charge is -2.09. The van der Waals surface area contributed by atoms with Crippen LogP contribution in [0.4, 0.5) is 0 Å². The molecule has 24 heavy (non-hydrogen) atoms. The highest BCUT2D eigenvalue weighted by atomic mass is 32.2. The molecule has 4 nitrogen and oxygen atoms in total. The lowest BCUT2D eigenvalue weighted by Crippen LogP contribution is -2.15. The summed E-state index contributed by atoms with van der Waals surface area (Å²) in [5.41, 5.74) is 1.49. The Morgan fingerprint density at radius 3 is 2.46 bits per heavy atom. The number of rotatable bonds is 3. The minimum Gasteiger partial charge on any atom is -0.497 e. The van der Waals surface area contributed by atoms with Crippen LogP contribution >= 0.6 is 11.9 Å². The second-order valence-electron chi connectivity index (χ2n) is 5.48. The van der Waals surface area contributed by atoms with Crippen LogP contribution in [-0.2, 0) is 0 Å². The van der Waals surface area contributed by atoms with Gasteiger partial charge < -0.3 is 9.15 Å². The van der Waals surface area contributed by atoms with Crippen molar-refractivity contribution in [2.45, 2.75) is 11.8 Å². The van der Waals surface area contributed by atoms with Crippen molar-refractivity contribution in [1.29, 1.82) is 0 Å². The lowest BCUT2D eigenvalue weighted by atomic mass is 10.1. The third-order valence-corrected chi connectivity index (χ3v) is 4.93. The summed E-state index contributed by atoms with van der Waals surface area (Å²) in [6.07, 6.45) is 0. The minimum absolute atomic E-state index is 0.0419. The number of aryl methyl sites for hydroxylation is 1. The van der Waals surface area contributed by atoms with E-state index in [1.165, 1.54) is 11.9 Å². The topological polar surface area (TPSA) is 44.4 Å². The normalized spacial score (nSPS) is 11.2. The highest BCUT2D eigenvalue weighted by molar-refractivity contribution is 7.98. The first-order valence-corrected chi connectivity index (χ1v) is 8.31. The van der Waals surface area contributed by atoms with Gasteiger partial charge in [-0.2, -0.15) is 0 Å². The van der Waals surface area contributed by atoms with Gasteiger partial charge in [-0.3, -0.25) is 4.79 Å². The summed E-state index contributed by atoms with van der Waals surface area (Å²) >= 11 is 1.38. The average Bonchev–Trinajstić information content (AvgIpc) is 3.01. The van der Waals surface area contributed by atoms with Crippen LogP contribution in [0.1, 0.15) is 5.76 Å². The Balaban J connectivity index is 1.95. The molecule has 2 aromatic heterocycles. The van der Waals surface area contributed by atoms with Crippen LogP contribution in [0, 0.1) is 6.92 Å². The fourth-order valence-electron chi connectivity index (χ4n) is 2.76. The van der Waals surface area contributed by atoms with Gasteiger partial charge >= 0.3 is 0 Å². The monoisotopic (exact) mass is 337 g/mol. The molecule has 0 amide bonds. The molecule has 0 aliphatic rings. The molecule has 0 bridgehead atoms. The second-order valence-corrected chi connectivity index (χ2v) is 6.50. The van der Waals surface area contributed by atoms with Gasteiger partial charge in [-0.1, -0.05) is 18.2 Å². The van der Waals surface area contributed by atoms with E-state index in [0.29, 0.717) is 5.39 Å². The number of nitrogens with zero attached hydrogens (tertiary/aromatic N) is 1. The first kappa shape index (κ1) is 14.9. The van der Waals surface area contributed by atoms with Gasteiger partial charge in [0, 0.05) is 16.3 Å². The van der Waals surface area contributed by atoms with Crippen molar-refractivity contribution in [2.24, 2.45) is 0 Å².